The minimum absolute atomic E-state index is 0.148. The number of carbonyl (C=O) groups excluding carboxylic acids is 1. The van der Waals surface area contributed by atoms with Gasteiger partial charge in [0.05, 0.1) is 23.3 Å². The Morgan fingerprint density at radius 1 is 1.43 bits per heavy atom. The van der Waals surface area contributed by atoms with Crippen LogP contribution in [0.1, 0.15) is 11.3 Å². The number of carbonyl (C=O) groups is 1. The van der Waals surface area contributed by atoms with E-state index in [2.05, 4.69) is 15.3 Å². The van der Waals surface area contributed by atoms with Gasteiger partial charge in [-0.25, -0.2) is 4.79 Å². The molecule has 0 spiro atoms. The van der Waals surface area contributed by atoms with Gasteiger partial charge in [-0.15, -0.1) is 0 Å². The normalized spacial score (nSPS) is 13.9. The topological polar surface area (TPSA) is 132 Å². The number of aliphatic hydroxyl groups is 1. The lowest BCUT2D eigenvalue weighted by Crippen LogP contribution is -2.40. The summed E-state index contributed by atoms with van der Waals surface area (Å²) < 4.78 is 11.6. The lowest BCUT2D eigenvalue weighted by atomic mass is 10.2. The molecule has 0 saturated heterocycles. The number of aromatic nitrogens is 2. The molecule has 4 N–H and O–H groups in total. The number of hydrogen-bond acceptors (Lipinski definition) is 6. The standard InChI is InChI=1S/C13H19N3O5S2/c1-8-10(12(19)16-13(20)14-8)3-4-11(18)15-9(5-17)6-23(21)7-22-2/h3-4,9,17H,5-7H2,1-2H3,(H,15,18)(H2,14,16,19,20)/b4-3+/t9-,23?/m0/s1. The van der Waals surface area contributed by atoms with Crippen molar-refractivity contribution in [2.24, 2.45) is 0 Å². The number of aromatic amines is 2. The Balaban J connectivity index is 2.74. The first kappa shape index (κ1) is 19.4. The van der Waals surface area contributed by atoms with Crippen molar-refractivity contribution in [1.29, 1.82) is 0 Å². The lowest BCUT2D eigenvalue weighted by Gasteiger charge is -2.14. The third-order valence-electron chi connectivity index (χ3n) is 2.78. The van der Waals surface area contributed by atoms with Crippen LogP contribution in [0, 0.1) is 6.92 Å². The number of hydrogen-bond donors (Lipinski definition) is 4. The quantitative estimate of drug-likeness (QED) is 0.436. The second-order valence-corrected chi connectivity index (χ2v) is 7.41. The highest BCUT2D eigenvalue weighted by Gasteiger charge is 2.13. The van der Waals surface area contributed by atoms with Gasteiger partial charge in [-0.1, -0.05) is 0 Å². The summed E-state index contributed by atoms with van der Waals surface area (Å²) >= 11 is 1.42. The predicted molar refractivity (Wildman–Crippen MR) is 91.9 cm³/mol. The number of aliphatic hydroxyl groups excluding tert-OH is 1. The molecule has 128 valence electrons. The molecule has 0 saturated carbocycles. The number of rotatable bonds is 8. The van der Waals surface area contributed by atoms with Crippen molar-refractivity contribution in [2.45, 2.75) is 13.0 Å². The maximum atomic E-state index is 11.8. The van der Waals surface area contributed by atoms with Crippen LogP contribution in [0.15, 0.2) is 15.7 Å². The number of thioether (sulfide) groups is 1. The first-order chi connectivity index (χ1) is 10.9. The highest BCUT2D eigenvalue weighted by molar-refractivity contribution is 8.09. The molecule has 1 heterocycles. The van der Waals surface area contributed by atoms with Crippen LogP contribution in [0.5, 0.6) is 0 Å². The van der Waals surface area contributed by atoms with E-state index >= 15 is 0 Å². The molecule has 1 amide bonds. The largest absolute Gasteiger partial charge is 0.394 e. The van der Waals surface area contributed by atoms with Crippen molar-refractivity contribution in [3.63, 3.8) is 0 Å². The fourth-order valence-electron chi connectivity index (χ4n) is 1.76. The van der Waals surface area contributed by atoms with Gasteiger partial charge in [0.15, 0.2) is 0 Å². The van der Waals surface area contributed by atoms with Gasteiger partial charge in [-0.2, -0.15) is 11.8 Å². The number of amides is 1. The first-order valence-electron chi connectivity index (χ1n) is 6.64. The highest BCUT2D eigenvalue weighted by atomic mass is 32.2. The molecule has 1 unspecified atom stereocenters. The summed E-state index contributed by atoms with van der Waals surface area (Å²) in [5.74, 6) is -0.384. The SMILES string of the molecule is CSCS(=O)C[C@H](CO)NC(=O)/C=C/c1c(C)[nH]c(=O)[nH]c1=O. The summed E-state index contributed by atoms with van der Waals surface area (Å²) in [6, 6.07) is -0.630. The van der Waals surface area contributed by atoms with E-state index in [9.17, 15) is 23.7 Å². The van der Waals surface area contributed by atoms with Gasteiger partial charge >= 0.3 is 5.69 Å². The Morgan fingerprint density at radius 3 is 2.70 bits per heavy atom. The van der Waals surface area contributed by atoms with Crippen molar-refractivity contribution in [3.8, 4) is 0 Å². The van der Waals surface area contributed by atoms with Crippen LogP contribution < -0.4 is 16.6 Å². The van der Waals surface area contributed by atoms with Crippen LogP contribution in [-0.4, -0.2) is 54.9 Å². The highest BCUT2D eigenvalue weighted by Crippen LogP contribution is 2.00. The zero-order valence-corrected chi connectivity index (χ0v) is 14.4. The minimum Gasteiger partial charge on any atom is -0.394 e. The number of aryl methyl sites for hydroxylation is 1. The molecule has 1 aromatic heterocycles. The molecule has 0 radical (unpaired) electrons. The zero-order chi connectivity index (χ0) is 17.4. The van der Waals surface area contributed by atoms with Gasteiger partial charge in [0.25, 0.3) is 5.56 Å². The molecule has 1 rings (SSSR count). The third-order valence-corrected chi connectivity index (χ3v) is 5.55. The van der Waals surface area contributed by atoms with Crippen molar-refractivity contribution >= 4 is 34.5 Å². The Labute approximate surface area is 139 Å². The summed E-state index contributed by atoms with van der Waals surface area (Å²) in [5, 5.41) is 12.2. The zero-order valence-electron chi connectivity index (χ0n) is 12.8. The van der Waals surface area contributed by atoms with E-state index in [1.165, 1.54) is 24.8 Å². The van der Waals surface area contributed by atoms with E-state index in [0.717, 1.165) is 6.08 Å². The average Bonchev–Trinajstić information content (AvgIpc) is 2.45. The summed E-state index contributed by atoms with van der Waals surface area (Å²) in [7, 11) is -1.15. The van der Waals surface area contributed by atoms with Crippen molar-refractivity contribution < 1.29 is 14.1 Å². The van der Waals surface area contributed by atoms with Gasteiger partial charge in [0.1, 0.15) is 0 Å². The molecule has 0 aromatic carbocycles. The Hall–Kier alpha value is -1.65. The summed E-state index contributed by atoms with van der Waals surface area (Å²) in [6.07, 6.45) is 4.21. The fourth-order valence-corrected chi connectivity index (χ4v) is 3.84. The van der Waals surface area contributed by atoms with Crippen LogP contribution in [0.3, 0.4) is 0 Å². The molecular formula is C13H19N3O5S2. The van der Waals surface area contributed by atoms with Gasteiger partial charge in [0.2, 0.25) is 5.91 Å². The smallest absolute Gasteiger partial charge is 0.325 e. The van der Waals surface area contributed by atoms with Crippen molar-refractivity contribution in [1.82, 2.24) is 15.3 Å². The Kier molecular flexibility index (Phi) is 8.00. The molecule has 0 fully saturated rings. The molecular weight excluding hydrogens is 342 g/mol. The van der Waals surface area contributed by atoms with Crippen LogP contribution in [-0.2, 0) is 15.6 Å². The van der Waals surface area contributed by atoms with E-state index < -0.39 is 34.0 Å². The van der Waals surface area contributed by atoms with Gasteiger partial charge in [0, 0.05) is 28.3 Å². The van der Waals surface area contributed by atoms with Crippen LogP contribution in [0.2, 0.25) is 0 Å². The van der Waals surface area contributed by atoms with Crippen LogP contribution in [0.4, 0.5) is 0 Å². The van der Waals surface area contributed by atoms with Crippen molar-refractivity contribution in [3.05, 3.63) is 38.2 Å². The fraction of sp³-hybridized carbons (Fsp3) is 0.462. The number of H-pyrrole nitrogens is 2. The predicted octanol–water partition coefficient (Wildman–Crippen LogP) is -1.07. The summed E-state index contributed by atoms with van der Waals surface area (Å²) in [4.78, 5) is 39.0. The maximum Gasteiger partial charge on any atom is 0.325 e. The average molecular weight is 361 g/mol. The van der Waals surface area contributed by atoms with Crippen molar-refractivity contribution in [2.75, 3.05) is 23.7 Å². The second kappa shape index (κ2) is 9.48. The molecule has 10 heteroatoms. The van der Waals surface area contributed by atoms with E-state index in [-0.39, 0.29) is 17.9 Å². The summed E-state index contributed by atoms with van der Waals surface area (Å²) in [5.41, 5.74) is -0.727. The Morgan fingerprint density at radius 2 is 2.13 bits per heavy atom. The molecule has 0 aliphatic rings. The van der Waals surface area contributed by atoms with Crippen LogP contribution >= 0.6 is 11.8 Å². The molecule has 0 bridgehead atoms. The van der Waals surface area contributed by atoms with E-state index in [0.29, 0.717) is 10.8 Å². The van der Waals surface area contributed by atoms with Gasteiger partial charge in [-0.3, -0.25) is 18.8 Å². The van der Waals surface area contributed by atoms with Crippen LogP contribution in [0.25, 0.3) is 6.08 Å². The molecule has 0 aliphatic carbocycles. The number of nitrogens with one attached hydrogen (secondary N) is 3. The monoisotopic (exact) mass is 361 g/mol. The molecule has 0 aliphatic heterocycles. The van der Waals surface area contributed by atoms with E-state index in [1.54, 1.807) is 0 Å². The van der Waals surface area contributed by atoms with E-state index in [1.807, 2.05) is 6.26 Å². The molecule has 23 heavy (non-hydrogen) atoms. The molecule has 1 aromatic rings. The summed E-state index contributed by atoms with van der Waals surface area (Å²) in [6.45, 7) is 1.20. The lowest BCUT2D eigenvalue weighted by molar-refractivity contribution is -0.117. The third kappa shape index (κ3) is 6.55. The van der Waals surface area contributed by atoms with Gasteiger partial charge in [-0.05, 0) is 19.3 Å². The van der Waals surface area contributed by atoms with E-state index in [4.69, 9.17) is 0 Å². The molecule has 2 atom stereocenters. The minimum atomic E-state index is -1.15. The maximum absolute atomic E-state index is 11.8. The molecule has 8 nitrogen and oxygen atoms in total. The first-order valence-corrected chi connectivity index (χ1v) is 9.52. The Bertz CT molecular complexity index is 710. The van der Waals surface area contributed by atoms with Gasteiger partial charge < -0.3 is 15.4 Å². The second-order valence-electron chi connectivity index (χ2n) is 4.68.